The molecule has 1 amide bonds. The Morgan fingerprint density at radius 3 is 2.42 bits per heavy atom. The lowest BCUT2D eigenvalue weighted by molar-refractivity contribution is -0.142. The van der Waals surface area contributed by atoms with E-state index in [1.54, 1.807) is 0 Å². The smallest absolute Gasteiger partial charge is 0.308 e. The molecule has 0 unspecified atom stereocenters. The Labute approximate surface area is 151 Å². The van der Waals surface area contributed by atoms with E-state index in [0.29, 0.717) is 12.5 Å². The minimum absolute atomic E-state index is 0.00708. The van der Waals surface area contributed by atoms with Gasteiger partial charge in [-0.15, -0.1) is 0 Å². The van der Waals surface area contributed by atoms with Gasteiger partial charge in [0.25, 0.3) is 0 Å². The average molecular weight is 384 g/mol. The highest BCUT2D eigenvalue weighted by Gasteiger charge is 2.46. The second-order valence-electron chi connectivity index (χ2n) is 6.85. The molecular weight excluding hydrogens is 363 g/mol. The summed E-state index contributed by atoms with van der Waals surface area (Å²) in [5.41, 5.74) is 0. The first-order valence-electron chi connectivity index (χ1n) is 8.54. The molecule has 7 nitrogen and oxygen atoms in total. The van der Waals surface area contributed by atoms with Crippen LogP contribution in [0.2, 0.25) is 0 Å². The largest absolute Gasteiger partial charge is 0.481 e. The van der Waals surface area contributed by atoms with E-state index in [2.05, 4.69) is 4.72 Å². The highest BCUT2D eigenvalue weighted by Crippen LogP contribution is 2.44. The van der Waals surface area contributed by atoms with Gasteiger partial charge in [-0.3, -0.25) is 9.59 Å². The molecule has 1 saturated carbocycles. The fourth-order valence-corrected chi connectivity index (χ4v) is 4.48. The number of amides is 1. The zero-order chi connectivity index (χ0) is 18.9. The van der Waals surface area contributed by atoms with Crippen molar-refractivity contribution in [1.82, 2.24) is 9.62 Å². The van der Waals surface area contributed by atoms with Gasteiger partial charge in [0.05, 0.1) is 10.8 Å². The lowest BCUT2D eigenvalue weighted by atomic mass is 9.92. The van der Waals surface area contributed by atoms with E-state index in [1.165, 1.54) is 4.90 Å². The summed E-state index contributed by atoms with van der Waals surface area (Å²) in [5, 5.41) is 9.33. The number of hydrogen-bond acceptors (Lipinski definition) is 4. The van der Waals surface area contributed by atoms with E-state index >= 15 is 0 Å². The van der Waals surface area contributed by atoms with Gasteiger partial charge in [0, 0.05) is 26.1 Å². The van der Waals surface area contributed by atoms with Crippen molar-refractivity contribution >= 4 is 21.9 Å². The first kappa shape index (κ1) is 18.8. The number of benzene rings is 1. The molecule has 1 aliphatic heterocycles. The van der Waals surface area contributed by atoms with E-state index in [9.17, 15) is 27.5 Å². The zero-order valence-corrected chi connectivity index (χ0v) is 14.9. The Kier molecular flexibility index (Phi) is 5.29. The van der Waals surface area contributed by atoms with Gasteiger partial charge in [-0.2, -0.15) is 0 Å². The second kappa shape index (κ2) is 7.32. The molecule has 0 radical (unpaired) electrons. The predicted molar refractivity (Wildman–Crippen MR) is 90.1 cm³/mol. The molecule has 1 aromatic carbocycles. The van der Waals surface area contributed by atoms with Crippen molar-refractivity contribution in [1.29, 1.82) is 0 Å². The van der Waals surface area contributed by atoms with Crippen molar-refractivity contribution in [2.75, 3.05) is 19.6 Å². The Bertz CT molecular complexity index is 792. The second-order valence-corrected chi connectivity index (χ2v) is 8.61. The van der Waals surface area contributed by atoms with Crippen molar-refractivity contribution < 1.29 is 27.5 Å². The third-order valence-electron chi connectivity index (χ3n) is 5.02. The van der Waals surface area contributed by atoms with Crippen LogP contribution in [0.15, 0.2) is 29.2 Å². The molecular formula is C17H21FN2O5S. The van der Waals surface area contributed by atoms with Gasteiger partial charge in [0.1, 0.15) is 5.82 Å². The maximum absolute atomic E-state index is 12.9. The quantitative estimate of drug-likeness (QED) is 0.732. The number of hydrogen-bond donors (Lipinski definition) is 2. The summed E-state index contributed by atoms with van der Waals surface area (Å²) in [6, 6.07) is 4.40. The van der Waals surface area contributed by atoms with Crippen molar-refractivity contribution in [2.24, 2.45) is 17.8 Å². The minimum Gasteiger partial charge on any atom is -0.481 e. The summed E-state index contributed by atoms with van der Waals surface area (Å²) in [4.78, 5) is 25.1. The van der Waals surface area contributed by atoms with Crippen molar-refractivity contribution in [3.8, 4) is 0 Å². The molecule has 26 heavy (non-hydrogen) atoms. The molecule has 142 valence electrons. The Hall–Kier alpha value is -2.00. The van der Waals surface area contributed by atoms with E-state index in [4.69, 9.17) is 0 Å². The van der Waals surface area contributed by atoms with Gasteiger partial charge in [-0.05, 0) is 48.9 Å². The Morgan fingerprint density at radius 2 is 1.85 bits per heavy atom. The van der Waals surface area contributed by atoms with Crippen LogP contribution >= 0.6 is 0 Å². The molecule has 0 aromatic heterocycles. The van der Waals surface area contributed by atoms with Crippen LogP contribution in [0.25, 0.3) is 0 Å². The maximum Gasteiger partial charge on any atom is 0.308 e. The van der Waals surface area contributed by atoms with Gasteiger partial charge in [0.15, 0.2) is 0 Å². The summed E-state index contributed by atoms with van der Waals surface area (Å²) >= 11 is 0. The Balaban J connectivity index is 1.52. The molecule has 2 fully saturated rings. The van der Waals surface area contributed by atoms with Crippen LogP contribution in [0.4, 0.5) is 4.39 Å². The molecule has 1 saturated heterocycles. The number of likely N-dealkylation sites (tertiary alicyclic amines) is 1. The normalized spacial score (nSPS) is 23.2. The molecule has 1 aromatic rings. The number of carbonyl (C=O) groups is 2. The number of aliphatic carboxylic acids is 1. The number of nitrogens with one attached hydrogen (secondary N) is 1. The molecule has 1 heterocycles. The van der Waals surface area contributed by atoms with Gasteiger partial charge in [-0.1, -0.05) is 0 Å². The summed E-state index contributed by atoms with van der Waals surface area (Å²) in [5.74, 6) is -1.85. The van der Waals surface area contributed by atoms with E-state index in [1.807, 2.05) is 0 Å². The van der Waals surface area contributed by atoms with Crippen LogP contribution in [0.1, 0.15) is 19.3 Å². The molecule has 2 atom stereocenters. The zero-order valence-electron chi connectivity index (χ0n) is 14.1. The summed E-state index contributed by atoms with van der Waals surface area (Å²) < 4.78 is 39.4. The number of sulfonamides is 1. The first-order valence-corrected chi connectivity index (χ1v) is 10.0. The molecule has 1 aliphatic carbocycles. The summed E-state index contributed by atoms with van der Waals surface area (Å²) in [6.07, 6.45) is 1.96. The van der Waals surface area contributed by atoms with Gasteiger partial charge >= 0.3 is 5.97 Å². The third-order valence-corrected chi connectivity index (χ3v) is 6.49. The number of nitrogens with zero attached hydrogens (tertiary/aromatic N) is 1. The number of rotatable bonds is 7. The topological polar surface area (TPSA) is 104 Å². The summed E-state index contributed by atoms with van der Waals surface area (Å²) in [6.45, 7) is 0.506. The van der Waals surface area contributed by atoms with Crippen LogP contribution in [-0.2, 0) is 19.6 Å². The molecule has 0 bridgehead atoms. The number of carboxylic acid groups (broad SMARTS) is 1. The SMILES string of the molecule is O=C(O)[C@H]1CN(C(=O)CCNS(=O)(=O)c2ccc(F)cc2)C[C@@H]1C1CC1. The monoisotopic (exact) mass is 384 g/mol. The molecule has 3 rings (SSSR count). The van der Waals surface area contributed by atoms with Gasteiger partial charge < -0.3 is 10.0 Å². The van der Waals surface area contributed by atoms with E-state index < -0.39 is 27.7 Å². The van der Waals surface area contributed by atoms with Crippen LogP contribution in [-0.4, -0.2) is 49.9 Å². The van der Waals surface area contributed by atoms with Gasteiger partial charge in [0.2, 0.25) is 15.9 Å². The highest BCUT2D eigenvalue weighted by molar-refractivity contribution is 7.89. The molecule has 2 aliphatic rings. The molecule has 9 heteroatoms. The highest BCUT2D eigenvalue weighted by atomic mass is 32.2. The maximum atomic E-state index is 12.9. The predicted octanol–water partition coefficient (Wildman–Crippen LogP) is 1.06. The first-order chi connectivity index (χ1) is 12.3. The third kappa shape index (κ3) is 4.21. The lowest BCUT2D eigenvalue weighted by Crippen LogP contribution is -2.33. The standard InChI is InChI=1S/C17H21FN2O5S/c18-12-3-5-13(6-4-12)26(24,25)19-8-7-16(21)20-9-14(11-1-2-11)15(10-20)17(22)23/h3-6,11,14-15,19H,1-2,7-10H2,(H,22,23)/t14-,15+/m1/s1. The number of carbonyl (C=O) groups excluding carboxylic acids is 1. The van der Waals surface area contributed by atoms with Crippen LogP contribution in [0.5, 0.6) is 0 Å². The number of halogens is 1. The van der Waals surface area contributed by atoms with E-state index in [0.717, 1.165) is 37.1 Å². The lowest BCUT2D eigenvalue weighted by Gasteiger charge is -2.16. The number of carboxylic acids is 1. The van der Waals surface area contributed by atoms with E-state index in [-0.39, 0.29) is 36.2 Å². The Morgan fingerprint density at radius 1 is 1.19 bits per heavy atom. The molecule has 0 spiro atoms. The average Bonchev–Trinajstić information content (AvgIpc) is 3.32. The van der Waals surface area contributed by atoms with Crippen molar-refractivity contribution in [3.05, 3.63) is 30.1 Å². The van der Waals surface area contributed by atoms with Gasteiger partial charge in [-0.25, -0.2) is 17.5 Å². The van der Waals surface area contributed by atoms with Crippen molar-refractivity contribution in [3.63, 3.8) is 0 Å². The van der Waals surface area contributed by atoms with Crippen LogP contribution in [0, 0.1) is 23.6 Å². The minimum atomic E-state index is -3.82. The summed E-state index contributed by atoms with van der Waals surface area (Å²) in [7, 11) is -3.82. The van der Waals surface area contributed by atoms with Crippen LogP contribution in [0.3, 0.4) is 0 Å². The van der Waals surface area contributed by atoms with Crippen molar-refractivity contribution in [2.45, 2.75) is 24.2 Å². The fraction of sp³-hybridized carbons (Fsp3) is 0.529. The fourth-order valence-electron chi connectivity index (χ4n) is 3.44. The van der Waals surface area contributed by atoms with Crippen LogP contribution < -0.4 is 4.72 Å². The molecule has 2 N–H and O–H groups in total.